The Morgan fingerprint density at radius 2 is 2.00 bits per heavy atom. The van der Waals surface area contributed by atoms with Crippen LogP contribution in [-0.2, 0) is 6.42 Å². The molecule has 0 spiro atoms. The molecule has 0 N–H and O–H groups in total. The summed E-state index contributed by atoms with van der Waals surface area (Å²) in [5, 5.41) is 9.73. The van der Waals surface area contributed by atoms with Gasteiger partial charge in [0.2, 0.25) is 0 Å². The molecule has 0 atom stereocenters. The van der Waals surface area contributed by atoms with Gasteiger partial charge in [0, 0.05) is 11.8 Å². The smallest absolute Gasteiger partial charge is 0.172 e. The van der Waals surface area contributed by atoms with Crippen molar-refractivity contribution in [1.29, 1.82) is 0 Å². The third-order valence-corrected chi connectivity index (χ3v) is 5.04. The van der Waals surface area contributed by atoms with Crippen molar-refractivity contribution in [2.24, 2.45) is 0 Å². The quantitative estimate of drug-likeness (QED) is 0.535. The van der Waals surface area contributed by atoms with E-state index in [-0.39, 0.29) is 0 Å². The third-order valence-electron chi connectivity index (χ3n) is 3.42. The predicted octanol–water partition coefficient (Wildman–Crippen LogP) is 4.33. The first-order valence-corrected chi connectivity index (χ1v) is 8.27. The Kier molecular flexibility index (Phi) is 3.01. The van der Waals surface area contributed by atoms with Crippen LogP contribution in [0.1, 0.15) is 12.7 Å². The Labute approximate surface area is 133 Å². The van der Waals surface area contributed by atoms with Gasteiger partial charge in [0.15, 0.2) is 11.5 Å². The number of benzene rings is 1. The van der Waals surface area contributed by atoms with Gasteiger partial charge in [-0.25, -0.2) is 4.98 Å². The lowest BCUT2D eigenvalue weighted by Gasteiger charge is -2.07. The summed E-state index contributed by atoms with van der Waals surface area (Å²) in [4.78, 5) is 5.94. The topological polar surface area (TPSA) is 43.1 Å². The minimum absolute atomic E-state index is 0.820. The van der Waals surface area contributed by atoms with Crippen molar-refractivity contribution in [1.82, 2.24) is 19.6 Å². The van der Waals surface area contributed by atoms with Gasteiger partial charge in [-0.05, 0) is 40.2 Å². The number of hydrogen-bond donors (Lipinski definition) is 0. The Morgan fingerprint density at radius 1 is 1.14 bits per heavy atom. The Balaban J connectivity index is 2.18. The van der Waals surface area contributed by atoms with Crippen LogP contribution in [0, 0.1) is 0 Å². The fourth-order valence-corrected chi connectivity index (χ4v) is 3.83. The highest BCUT2D eigenvalue weighted by Crippen LogP contribution is 2.32. The highest BCUT2D eigenvalue weighted by atomic mass is 79.9. The number of hydrogen-bond acceptors (Lipinski definition) is 4. The predicted molar refractivity (Wildman–Crippen MR) is 88.7 cm³/mol. The SMILES string of the molecule is CCc1nnc2c3ccccc3nc(-c3ccc(Br)s3)n12. The maximum absolute atomic E-state index is 4.84. The van der Waals surface area contributed by atoms with Crippen LogP contribution < -0.4 is 0 Å². The molecular weight excluding hydrogens is 348 g/mol. The van der Waals surface area contributed by atoms with Gasteiger partial charge in [0.25, 0.3) is 0 Å². The molecule has 0 aliphatic heterocycles. The van der Waals surface area contributed by atoms with Gasteiger partial charge in [0.1, 0.15) is 5.82 Å². The second-order valence-corrected chi connectivity index (χ2v) is 7.15. The number of fused-ring (bicyclic) bond motifs is 3. The van der Waals surface area contributed by atoms with Crippen molar-refractivity contribution in [3.63, 3.8) is 0 Å². The van der Waals surface area contributed by atoms with Crippen molar-refractivity contribution < 1.29 is 0 Å². The van der Waals surface area contributed by atoms with Gasteiger partial charge in [0.05, 0.1) is 14.2 Å². The standard InChI is InChI=1S/C15H11BrN4S/c1-2-13-18-19-14-9-5-3-4-6-10(9)17-15(20(13)14)11-7-8-12(16)21-11/h3-8H,2H2,1H3. The average molecular weight is 359 g/mol. The number of halogens is 1. The first kappa shape index (κ1) is 12.9. The van der Waals surface area contributed by atoms with Gasteiger partial charge in [-0.15, -0.1) is 21.5 Å². The molecule has 21 heavy (non-hydrogen) atoms. The van der Waals surface area contributed by atoms with Crippen molar-refractivity contribution in [3.05, 3.63) is 46.0 Å². The van der Waals surface area contributed by atoms with Crippen LogP contribution in [0.3, 0.4) is 0 Å². The lowest BCUT2D eigenvalue weighted by molar-refractivity contribution is 0.905. The molecule has 0 saturated carbocycles. The molecule has 0 fully saturated rings. The van der Waals surface area contributed by atoms with Gasteiger partial charge in [-0.2, -0.15) is 0 Å². The van der Waals surface area contributed by atoms with E-state index in [1.807, 2.05) is 30.3 Å². The maximum atomic E-state index is 4.84. The Morgan fingerprint density at radius 3 is 2.76 bits per heavy atom. The first-order chi connectivity index (χ1) is 10.3. The number of para-hydroxylation sites is 1. The van der Waals surface area contributed by atoms with Crippen molar-refractivity contribution in [2.75, 3.05) is 0 Å². The normalized spacial score (nSPS) is 11.5. The van der Waals surface area contributed by atoms with Crippen LogP contribution in [-0.4, -0.2) is 19.6 Å². The number of aromatic nitrogens is 4. The summed E-state index contributed by atoms with van der Waals surface area (Å²) in [6, 6.07) is 12.2. The molecule has 4 rings (SSSR count). The van der Waals surface area contributed by atoms with Crippen LogP contribution in [0.5, 0.6) is 0 Å². The van der Waals surface area contributed by atoms with E-state index in [1.54, 1.807) is 11.3 Å². The molecule has 3 aromatic heterocycles. The monoisotopic (exact) mass is 358 g/mol. The lowest BCUT2D eigenvalue weighted by Crippen LogP contribution is -2.00. The van der Waals surface area contributed by atoms with Crippen LogP contribution in [0.4, 0.5) is 0 Å². The Hall–Kier alpha value is -1.79. The summed E-state index contributed by atoms with van der Waals surface area (Å²) in [7, 11) is 0. The highest BCUT2D eigenvalue weighted by molar-refractivity contribution is 9.11. The average Bonchev–Trinajstić information content (AvgIpc) is 3.12. The Bertz CT molecular complexity index is 957. The summed E-state index contributed by atoms with van der Waals surface area (Å²) in [6.45, 7) is 2.08. The fourth-order valence-electron chi connectivity index (χ4n) is 2.47. The van der Waals surface area contributed by atoms with Crippen molar-refractivity contribution in [3.8, 4) is 10.7 Å². The van der Waals surface area contributed by atoms with E-state index < -0.39 is 0 Å². The fraction of sp³-hybridized carbons (Fsp3) is 0.133. The van der Waals surface area contributed by atoms with E-state index in [0.29, 0.717) is 0 Å². The molecule has 104 valence electrons. The van der Waals surface area contributed by atoms with E-state index >= 15 is 0 Å². The van der Waals surface area contributed by atoms with E-state index in [4.69, 9.17) is 4.98 Å². The second kappa shape index (κ2) is 4.89. The molecule has 3 heterocycles. The lowest BCUT2D eigenvalue weighted by atomic mass is 10.2. The summed E-state index contributed by atoms with van der Waals surface area (Å²) in [5.41, 5.74) is 1.82. The number of nitrogens with zero attached hydrogens (tertiary/aromatic N) is 4. The van der Waals surface area contributed by atoms with E-state index in [1.165, 1.54) is 0 Å². The minimum atomic E-state index is 0.820. The molecule has 0 radical (unpaired) electrons. The molecule has 0 bridgehead atoms. The van der Waals surface area contributed by atoms with Gasteiger partial charge in [-0.1, -0.05) is 19.1 Å². The van der Waals surface area contributed by atoms with Crippen LogP contribution in [0.15, 0.2) is 40.2 Å². The minimum Gasteiger partial charge on any atom is -0.261 e. The van der Waals surface area contributed by atoms with Gasteiger partial charge < -0.3 is 0 Å². The van der Waals surface area contributed by atoms with Crippen LogP contribution in [0.2, 0.25) is 0 Å². The van der Waals surface area contributed by atoms with E-state index in [9.17, 15) is 0 Å². The molecule has 6 heteroatoms. The molecular formula is C15H11BrN4S. The molecule has 0 amide bonds. The van der Waals surface area contributed by atoms with E-state index in [2.05, 4.69) is 43.5 Å². The first-order valence-electron chi connectivity index (χ1n) is 6.66. The molecule has 0 saturated heterocycles. The summed E-state index contributed by atoms with van der Waals surface area (Å²) < 4.78 is 3.16. The number of rotatable bonds is 2. The third kappa shape index (κ3) is 1.98. The van der Waals surface area contributed by atoms with Crippen LogP contribution in [0.25, 0.3) is 27.3 Å². The summed E-state index contributed by atoms with van der Waals surface area (Å²) in [5.74, 6) is 1.84. The highest BCUT2D eigenvalue weighted by Gasteiger charge is 2.16. The molecule has 4 aromatic rings. The molecule has 1 aromatic carbocycles. The summed E-state index contributed by atoms with van der Waals surface area (Å²) >= 11 is 5.18. The number of thiophene rings is 1. The zero-order valence-corrected chi connectivity index (χ0v) is 13.6. The molecule has 0 aliphatic carbocycles. The van der Waals surface area contributed by atoms with E-state index in [0.717, 1.165) is 43.3 Å². The number of aryl methyl sites for hydroxylation is 1. The molecule has 4 nitrogen and oxygen atoms in total. The second-order valence-electron chi connectivity index (χ2n) is 4.69. The largest absolute Gasteiger partial charge is 0.261 e. The zero-order chi connectivity index (χ0) is 14.4. The maximum Gasteiger partial charge on any atom is 0.172 e. The van der Waals surface area contributed by atoms with Crippen LogP contribution >= 0.6 is 27.3 Å². The van der Waals surface area contributed by atoms with Crippen molar-refractivity contribution in [2.45, 2.75) is 13.3 Å². The molecule has 0 unspecified atom stereocenters. The van der Waals surface area contributed by atoms with Gasteiger partial charge >= 0.3 is 0 Å². The molecule has 0 aliphatic rings. The zero-order valence-electron chi connectivity index (χ0n) is 11.2. The summed E-state index contributed by atoms with van der Waals surface area (Å²) in [6.07, 6.45) is 0.820. The van der Waals surface area contributed by atoms with Crippen molar-refractivity contribution >= 4 is 43.8 Å². The van der Waals surface area contributed by atoms with Gasteiger partial charge in [-0.3, -0.25) is 4.40 Å².